The van der Waals surface area contributed by atoms with E-state index < -0.39 is 0 Å². The molecular weight excluding hydrogens is 266 g/mol. The van der Waals surface area contributed by atoms with E-state index in [9.17, 15) is 4.79 Å². The second kappa shape index (κ2) is 7.42. The summed E-state index contributed by atoms with van der Waals surface area (Å²) in [5, 5.41) is 6.19. The van der Waals surface area contributed by atoms with E-state index in [4.69, 9.17) is 0 Å². The molecule has 0 spiro atoms. The molecule has 0 aliphatic rings. The van der Waals surface area contributed by atoms with E-state index in [2.05, 4.69) is 27.5 Å². The largest absolute Gasteiger partial charge is 0.385 e. The van der Waals surface area contributed by atoms with Gasteiger partial charge in [-0.05, 0) is 25.5 Å². The maximum Gasteiger partial charge on any atom is 0.270 e. The molecule has 0 fully saturated rings. The van der Waals surface area contributed by atoms with Gasteiger partial charge in [0, 0.05) is 43.4 Å². The first kappa shape index (κ1) is 15.0. The average Bonchev–Trinajstić information content (AvgIpc) is 2.98. The summed E-state index contributed by atoms with van der Waals surface area (Å²) in [5.41, 5.74) is 1.34. The third-order valence-corrected chi connectivity index (χ3v) is 2.99. The van der Waals surface area contributed by atoms with Crippen molar-refractivity contribution < 1.29 is 4.79 Å². The SMILES string of the molecule is CCCNc1ccnc(C(=O)NC(C)Cn2ccnc2)c1. The lowest BCUT2D eigenvalue weighted by molar-refractivity contribution is 0.0931. The number of rotatable bonds is 7. The van der Waals surface area contributed by atoms with Gasteiger partial charge in [-0.25, -0.2) is 4.98 Å². The van der Waals surface area contributed by atoms with Crippen molar-refractivity contribution in [2.75, 3.05) is 11.9 Å². The fourth-order valence-electron chi connectivity index (χ4n) is 1.99. The third-order valence-electron chi connectivity index (χ3n) is 2.99. The molecule has 1 amide bonds. The summed E-state index contributed by atoms with van der Waals surface area (Å²) >= 11 is 0. The molecule has 2 heterocycles. The Morgan fingerprint density at radius 2 is 2.29 bits per heavy atom. The topological polar surface area (TPSA) is 71.8 Å². The predicted molar refractivity (Wildman–Crippen MR) is 82.2 cm³/mol. The predicted octanol–water partition coefficient (Wildman–Crippen LogP) is 1.92. The first-order valence-corrected chi connectivity index (χ1v) is 7.15. The van der Waals surface area contributed by atoms with E-state index in [0.29, 0.717) is 12.2 Å². The molecule has 1 unspecified atom stereocenters. The summed E-state index contributed by atoms with van der Waals surface area (Å²) in [5.74, 6) is -0.164. The molecule has 2 aromatic heterocycles. The zero-order chi connectivity index (χ0) is 15.1. The van der Waals surface area contributed by atoms with Gasteiger partial charge in [0.1, 0.15) is 5.69 Å². The van der Waals surface area contributed by atoms with Crippen LogP contribution in [0.25, 0.3) is 0 Å². The number of hydrogen-bond donors (Lipinski definition) is 2. The van der Waals surface area contributed by atoms with Gasteiger partial charge in [0.2, 0.25) is 0 Å². The minimum Gasteiger partial charge on any atom is -0.385 e. The van der Waals surface area contributed by atoms with Gasteiger partial charge >= 0.3 is 0 Å². The lowest BCUT2D eigenvalue weighted by atomic mass is 10.2. The maximum atomic E-state index is 12.2. The lowest BCUT2D eigenvalue weighted by Crippen LogP contribution is -2.35. The number of aromatic nitrogens is 3. The summed E-state index contributed by atoms with van der Waals surface area (Å²) < 4.78 is 1.93. The number of pyridine rings is 1. The molecule has 1 atom stereocenters. The lowest BCUT2D eigenvalue weighted by Gasteiger charge is -2.14. The van der Waals surface area contributed by atoms with Gasteiger partial charge in [-0.2, -0.15) is 0 Å². The molecule has 2 aromatic rings. The third kappa shape index (κ3) is 4.59. The maximum absolute atomic E-state index is 12.2. The van der Waals surface area contributed by atoms with Crippen molar-refractivity contribution >= 4 is 11.6 Å². The van der Waals surface area contributed by atoms with Crippen LogP contribution in [0.5, 0.6) is 0 Å². The van der Waals surface area contributed by atoms with Crippen LogP contribution in [0.3, 0.4) is 0 Å². The monoisotopic (exact) mass is 287 g/mol. The van der Waals surface area contributed by atoms with Gasteiger partial charge in [-0.1, -0.05) is 6.92 Å². The Hall–Kier alpha value is -2.37. The van der Waals surface area contributed by atoms with E-state index in [1.165, 1.54) is 0 Å². The highest BCUT2D eigenvalue weighted by molar-refractivity contribution is 5.93. The molecule has 21 heavy (non-hydrogen) atoms. The van der Waals surface area contributed by atoms with E-state index in [1.807, 2.05) is 23.8 Å². The second-order valence-electron chi connectivity index (χ2n) is 4.99. The molecule has 2 rings (SSSR count). The molecule has 6 nitrogen and oxygen atoms in total. The van der Waals surface area contributed by atoms with Gasteiger partial charge in [-0.3, -0.25) is 9.78 Å². The van der Waals surface area contributed by atoms with Crippen molar-refractivity contribution in [3.63, 3.8) is 0 Å². The minimum absolute atomic E-state index is 0.000701. The van der Waals surface area contributed by atoms with Crippen LogP contribution in [0.2, 0.25) is 0 Å². The number of nitrogens with one attached hydrogen (secondary N) is 2. The molecule has 0 radical (unpaired) electrons. The minimum atomic E-state index is -0.164. The normalized spacial score (nSPS) is 11.9. The number of hydrogen-bond acceptors (Lipinski definition) is 4. The fraction of sp³-hybridized carbons (Fsp3) is 0.400. The molecule has 0 aliphatic carbocycles. The van der Waals surface area contributed by atoms with Crippen molar-refractivity contribution in [2.45, 2.75) is 32.9 Å². The highest BCUT2D eigenvalue weighted by atomic mass is 16.1. The van der Waals surface area contributed by atoms with Gasteiger partial charge in [0.15, 0.2) is 0 Å². The van der Waals surface area contributed by atoms with Crippen LogP contribution >= 0.6 is 0 Å². The summed E-state index contributed by atoms with van der Waals surface area (Å²) in [4.78, 5) is 20.3. The average molecular weight is 287 g/mol. The van der Waals surface area contributed by atoms with Crippen LogP contribution in [0.15, 0.2) is 37.1 Å². The smallest absolute Gasteiger partial charge is 0.270 e. The second-order valence-corrected chi connectivity index (χ2v) is 4.99. The molecule has 0 aromatic carbocycles. The van der Waals surface area contributed by atoms with Crippen LogP contribution in [-0.4, -0.2) is 33.0 Å². The molecule has 2 N–H and O–H groups in total. The van der Waals surface area contributed by atoms with Crippen LogP contribution in [-0.2, 0) is 6.54 Å². The fourth-order valence-corrected chi connectivity index (χ4v) is 1.99. The number of carbonyl (C=O) groups excluding carboxylic acids is 1. The van der Waals surface area contributed by atoms with Gasteiger partial charge in [0.25, 0.3) is 5.91 Å². The van der Waals surface area contributed by atoms with Crippen LogP contribution in [0.4, 0.5) is 5.69 Å². The summed E-state index contributed by atoms with van der Waals surface area (Å²) in [6, 6.07) is 3.64. The van der Waals surface area contributed by atoms with Crippen molar-refractivity contribution in [2.24, 2.45) is 0 Å². The Labute approximate surface area is 124 Å². The summed E-state index contributed by atoms with van der Waals surface area (Å²) in [6.45, 7) is 5.61. The van der Waals surface area contributed by atoms with Gasteiger partial charge in [-0.15, -0.1) is 0 Å². The molecule has 0 saturated carbocycles. The molecule has 0 aliphatic heterocycles. The van der Waals surface area contributed by atoms with Crippen LogP contribution in [0, 0.1) is 0 Å². The first-order chi connectivity index (χ1) is 10.2. The highest BCUT2D eigenvalue weighted by Crippen LogP contribution is 2.08. The molecular formula is C15H21N5O. The summed E-state index contributed by atoms with van der Waals surface area (Å²) in [7, 11) is 0. The standard InChI is InChI=1S/C15H21N5O/c1-3-5-17-13-4-6-18-14(9-13)15(21)19-12(2)10-20-8-7-16-11-20/h4,6-9,11-12H,3,5,10H2,1-2H3,(H,17,18)(H,19,21). The number of imidazole rings is 1. The zero-order valence-corrected chi connectivity index (χ0v) is 12.4. The van der Waals surface area contributed by atoms with Crippen LogP contribution in [0.1, 0.15) is 30.8 Å². The Morgan fingerprint density at radius 1 is 1.43 bits per heavy atom. The number of nitrogens with zero attached hydrogens (tertiary/aromatic N) is 3. The molecule has 0 saturated heterocycles. The molecule has 6 heteroatoms. The van der Waals surface area contributed by atoms with Crippen molar-refractivity contribution in [3.8, 4) is 0 Å². The van der Waals surface area contributed by atoms with Gasteiger partial charge in [0.05, 0.1) is 6.33 Å². The molecule has 112 valence electrons. The van der Waals surface area contributed by atoms with Crippen molar-refractivity contribution in [1.82, 2.24) is 19.9 Å². The Bertz CT molecular complexity index is 567. The first-order valence-electron chi connectivity index (χ1n) is 7.15. The van der Waals surface area contributed by atoms with E-state index >= 15 is 0 Å². The zero-order valence-electron chi connectivity index (χ0n) is 12.4. The quantitative estimate of drug-likeness (QED) is 0.816. The van der Waals surface area contributed by atoms with Crippen LogP contribution < -0.4 is 10.6 Å². The van der Waals surface area contributed by atoms with Crippen molar-refractivity contribution in [3.05, 3.63) is 42.7 Å². The van der Waals surface area contributed by atoms with E-state index in [1.54, 1.807) is 24.8 Å². The van der Waals surface area contributed by atoms with Gasteiger partial charge < -0.3 is 15.2 Å². The number of carbonyl (C=O) groups is 1. The van der Waals surface area contributed by atoms with E-state index in [0.717, 1.165) is 18.7 Å². The Balaban J connectivity index is 1.93. The molecule has 0 bridgehead atoms. The Kier molecular flexibility index (Phi) is 5.31. The Morgan fingerprint density at radius 3 is 3.00 bits per heavy atom. The number of amides is 1. The highest BCUT2D eigenvalue weighted by Gasteiger charge is 2.11. The van der Waals surface area contributed by atoms with Crippen molar-refractivity contribution in [1.29, 1.82) is 0 Å². The number of anilines is 1. The van der Waals surface area contributed by atoms with E-state index in [-0.39, 0.29) is 11.9 Å². The summed E-state index contributed by atoms with van der Waals surface area (Å²) in [6.07, 6.45) is 8.00.